The lowest BCUT2D eigenvalue weighted by Crippen LogP contribution is -2.46. The van der Waals surface area contributed by atoms with Gasteiger partial charge in [-0.05, 0) is 44.2 Å². The van der Waals surface area contributed by atoms with Gasteiger partial charge in [0, 0.05) is 36.2 Å². The highest BCUT2D eigenvalue weighted by molar-refractivity contribution is 6.12. The first-order valence-electron chi connectivity index (χ1n) is 9.88. The van der Waals surface area contributed by atoms with Crippen LogP contribution in [0, 0.1) is 5.82 Å². The van der Waals surface area contributed by atoms with Crippen molar-refractivity contribution in [1.29, 1.82) is 0 Å². The van der Waals surface area contributed by atoms with Gasteiger partial charge in [-0.1, -0.05) is 6.07 Å². The summed E-state index contributed by atoms with van der Waals surface area (Å²) in [5.74, 6) is -2.06. The maximum atomic E-state index is 14.2. The van der Waals surface area contributed by atoms with Crippen LogP contribution in [0.2, 0.25) is 0 Å². The lowest BCUT2D eigenvalue weighted by Gasteiger charge is -2.38. The zero-order valence-corrected chi connectivity index (χ0v) is 16.9. The number of carbonyl (C=O) groups is 1. The molecule has 0 aliphatic carbocycles. The Morgan fingerprint density at radius 1 is 1.16 bits per heavy atom. The van der Waals surface area contributed by atoms with E-state index in [4.69, 9.17) is 4.74 Å². The number of alkyl halides is 3. The fraction of sp³-hybridized carbons (Fsp3) is 0.364. The maximum Gasteiger partial charge on any atom is 0.418 e. The third-order valence-corrected chi connectivity index (χ3v) is 5.32. The van der Waals surface area contributed by atoms with Crippen molar-refractivity contribution in [2.24, 2.45) is 4.99 Å². The Bertz CT molecular complexity index is 1030. The molecule has 0 radical (unpaired) electrons. The molecule has 0 bridgehead atoms. The number of hydrogen-bond donors (Lipinski definition) is 1. The molecule has 31 heavy (non-hydrogen) atoms. The molecule has 2 aliphatic heterocycles. The average molecular weight is 435 g/mol. The van der Waals surface area contributed by atoms with Crippen molar-refractivity contribution in [2.75, 3.05) is 23.3 Å². The van der Waals surface area contributed by atoms with Crippen molar-refractivity contribution in [1.82, 2.24) is 0 Å². The zero-order chi connectivity index (χ0) is 22.3. The Morgan fingerprint density at radius 3 is 2.55 bits per heavy atom. The van der Waals surface area contributed by atoms with Crippen LogP contribution in [0.1, 0.15) is 30.9 Å². The number of aliphatic imine (C=N–C) groups is 1. The van der Waals surface area contributed by atoms with Crippen molar-refractivity contribution in [3.8, 4) is 0 Å². The molecule has 2 aromatic carbocycles. The van der Waals surface area contributed by atoms with Gasteiger partial charge in [-0.25, -0.2) is 4.39 Å². The summed E-state index contributed by atoms with van der Waals surface area (Å²) in [4.78, 5) is 17.9. The van der Waals surface area contributed by atoms with Crippen molar-refractivity contribution in [3.63, 3.8) is 0 Å². The number of fused-ring (bicyclic) bond motifs is 1. The molecular formula is C22H21F4N3O2. The number of anilines is 2. The standard InChI is InChI=1S/C22H21F4N3O2/c1-12-10-29(11-13(2)31-12)19-7-6-14(8-16(19)22(24,25)26)27-9-15-20-17(23)4-3-5-18(20)28-21(15)30/h3-9,12-13,15H,10-11H2,1-2H3,(H,28,30). The summed E-state index contributed by atoms with van der Waals surface area (Å²) in [6, 6.07) is 8.04. The summed E-state index contributed by atoms with van der Waals surface area (Å²) < 4.78 is 61.2. The molecule has 0 aromatic heterocycles. The highest BCUT2D eigenvalue weighted by Crippen LogP contribution is 2.40. The van der Waals surface area contributed by atoms with Gasteiger partial charge in [0.2, 0.25) is 5.91 Å². The van der Waals surface area contributed by atoms with Gasteiger partial charge in [0.05, 0.1) is 23.5 Å². The van der Waals surface area contributed by atoms with E-state index in [0.29, 0.717) is 18.8 Å². The van der Waals surface area contributed by atoms with Crippen LogP contribution in [0.25, 0.3) is 0 Å². The van der Waals surface area contributed by atoms with E-state index in [0.717, 1.165) is 6.07 Å². The molecular weight excluding hydrogens is 414 g/mol. The molecule has 3 atom stereocenters. The van der Waals surface area contributed by atoms with Crippen LogP contribution in [-0.2, 0) is 15.7 Å². The van der Waals surface area contributed by atoms with Gasteiger partial charge in [-0.15, -0.1) is 0 Å². The number of benzene rings is 2. The van der Waals surface area contributed by atoms with E-state index in [2.05, 4.69) is 10.3 Å². The Morgan fingerprint density at radius 2 is 1.87 bits per heavy atom. The fourth-order valence-electron chi connectivity index (χ4n) is 4.09. The molecule has 2 aromatic rings. The van der Waals surface area contributed by atoms with Gasteiger partial charge in [0.1, 0.15) is 11.7 Å². The van der Waals surface area contributed by atoms with E-state index in [1.165, 1.54) is 30.5 Å². The number of nitrogens with one attached hydrogen (secondary N) is 1. The second-order valence-corrected chi connectivity index (χ2v) is 7.81. The smallest absolute Gasteiger partial charge is 0.372 e. The molecule has 1 amide bonds. The first kappa shape index (κ1) is 21.3. The van der Waals surface area contributed by atoms with E-state index >= 15 is 0 Å². The first-order valence-corrected chi connectivity index (χ1v) is 9.88. The number of morpholine rings is 1. The van der Waals surface area contributed by atoms with Crippen molar-refractivity contribution in [3.05, 3.63) is 53.3 Å². The molecule has 5 nitrogen and oxygen atoms in total. The number of ether oxygens (including phenoxy) is 1. The molecule has 1 saturated heterocycles. The lowest BCUT2D eigenvalue weighted by atomic mass is 10.0. The fourth-order valence-corrected chi connectivity index (χ4v) is 4.09. The second kappa shape index (κ2) is 7.96. The first-order chi connectivity index (χ1) is 14.6. The second-order valence-electron chi connectivity index (χ2n) is 7.81. The van der Waals surface area contributed by atoms with Gasteiger partial charge in [-0.3, -0.25) is 9.79 Å². The summed E-state index contributed by atoms with van der Waals surface area (Å²) in [5, 5.41) is 2.55. The van der Waals surface area contributed by atoms with Crippen LogP contribution in [0.3, 0.4) is 0 Å². The van der Waals surface area contributed by atoms with Crippen LogP contribution in [-0.4, -0.2) is 37.4 Å². The number of nitrogens with zero attached hydrogens (tertiary/aromatic N) is 2. The van der Waals surface area contributed by atoms with Gasteiger partial charge >= 0.3 is 6.18 Å². The largest absolute Gasteiger partial charge is 0.418 e. The third kappa shape index (κ3) is 4.27. The SMILES string of the molecule is CC1CN(c2ccc(N=CC3C(=O)Nc4cccc(F)c43)cc2C(F)(F)F)CC(C)O1. The lowest BCUT2D eigenvalue weighted by molar-refractivity contribution is -0.137. The quantitative estimate of drug-likeness (QED) is 0.551. The van der Waals surface area contributed by atoms with Crippen LogP contribution >= 0.6 is 0 Å². The summed E-state index contributed by atoms with van der Waals surface area (Å²) in [6.45, 7) is 4.32. The number of amides is 1. The summed E-state index contributed by atoms with van der Waals surface area (Å²) in [6.07, 6.45) is -3.80. The number of rotatable bonds is 3. The van der Waals surface area contributed by atoms with E-state index < -0.39 is 29.4 Å². The zero-order valence-electron chi connectivity index (χ0n) is 16.9. The minimum atomic E-state index is -4.59. The van der Waals surface area contributed by atoms with Gasteiger partial charge in [0.25, 0.3) is 0 Å². The van der Waals surface area contributed by atoms with Crippen molar-refractivity contribution >= 4 is 29.2 Å². The molecule has 2 aliphatic rings. The minimum Gasteiger partial charge on any atom is -0.372 e. The molecule has 0 saturated carbocycles. The topological polar surface area (TPSA) is 53.9 Å². The Hall–Kier alpha value is -2.94. The normalized spacial score (nSPS) is 23.9. The Balaban J connectivity index is 1.66. The monoisotopic (exact) mass is 435 g/mol. The Labute approximate surface area is 176 Å². The summed E-state index contributed by atoms with van der Waals surface area (Å²) >= 11 is 0. The van der Waals surface area contributed by atoms with E-state index in [1.54, 1.807) is 11.0 Å². The van der Waals surface area contributed by atoms with Crippen LogP contribution in [0.4, 0.5) is 34.6 Å². The molecule has 3 unspecified atom stereocenters. The van der Waals surface area contributed by atoms with Crippen LogP contribution in [0.5, 0.6) is 0 Å². The number of hydrogen-bond acceptors (Lipinski definition) is 4. The van der Waals surface area contributed by atoms with Crippen LogP contribution < -0.4 is 10.2 Å². The minimum absolute atomic E-state index is 0.0306. The predicted molar refractivity (Wildman–Crippen MR) is 110 cm³/mol. The molecule has 1 fully saturated rings. The Kier molecular flexibility index (Phi) is 5.47. The van der Waals surface area contributed by atoms with Gasteiger partial charge in [-0.2, -0.15) is 13.2 Å². The van der Waals surface area contributed by atoms with E-state index in [-0.39, 0.29) is 29.1 Å². The molecule has 9 heteroatoms. The maximum absolute atomic E-state index is 14.2. The van der Waals surface area contributed by atoms with Crippen molar-refractivity contribution in [2.45, 2.75) is 38.1 Å². The van der Waals surface area contributed by atoms with E-state index in [1.807, 2.05) is 13.8 Å². The molecule has 0 spiro atoms. The van der Waals surface area contributed by atoms with E-state index in [9.17, 15) is 22.4 Å². The molecule has 2 heterocycles. The number of carbonyl (C=O) groups excluding carboxylic acids is 1. The number of halogens is 4. The predicted octanol–water partition coefficient (Wildman–Crippen LogP) is 4.90. The van der Waals surface area contributed by atoms with Gasteiger partial charge < -0.3 is 15.0 Å². The highest BCUT2D eigenvalue weighted by atomic mass is 19.4. The highest BCUT2D eigenvalue weighted by Gasteiger charge is 2.37. The summed E-state index contributed by atoms with van der Waals surface area (Å²) in [7, 11) is 0. The van der Waals surface area contributed by atoms with Gasteiger partial charge in [0.15, 0.2) is 0 Å². The molecule has 4 rings (SSSR count). The summed E-state index contributed by atoms with van der Waals surface area (Å²) in [5.41, 5.74) is -0.249. The van der Waals surface area contributed by atoms with Crippen molar-refractivity contribution < 1.29 is 27.1 Å². The molecule has 164 valence electrons. The van der Waals surface area contributed by atoms with Crippen LogP contribution in [0.15, 0.2) is 41.4 Å². The average Bonchev–Trinajstić information content (AvgIpc) is 3.01. The molecule has 1 N–H and O–H groups in total. The third-order valence-electron chi connectivity index (χ3n) is 5.32.